The standard InChI is InChI=1S/C12H18N2O/c1-9(2)13-12(15)10-7-5-6-8-11(10)14(3)4/h5-9H,1-4H3,(H,13,15). The highest BCUT2D eigenvalue weighted by Crippen LogP contribution is 2.17. The largest absolute Gasteiger partial charge is 0.377 e. The minimum Gasteiger partial charge on any atom is -0.377 e. The van der Waals surface area contributed by atoms with E-state index in [1.807, 2.05) is 57.1 Å². The van der Waals surface area contributed by atoms with Gasteiger partial charge in [-0.3, -0.25) is 4.79 Å². The summed E-state index contributed by atoms with van der Waals surface area (Å²) in [5.41, 5.74) is 1.66. The predicted molar refractivity (Wildman–Crippen MR) is 63.4 cm³/mol. The summed E-state index contributed by atoms with van der Waals surface area (Å²) in [5.74, 6) is -0.0192. The number of benzene rings is 1. The van der Waals surface area contributed by atoms with Gasteiger partial charge in [0.05, 0.1) is 5.56 Å². The quantitative estimate of drug-likeness (QED) is 0.819. The third-order valence-corrected chi connectivity index (χ3v) is 2.05. The number of carbonyl (C=O) groups excluding carboxylic acids is 1. The van der Waals surface area contributed by atoms with E-state index in [0.29, 0.717) is 0 Å². The van der Waals surface area contributed by atoms with Crippen molar-refractivity contribution in [1.82, 2.24) is 5.32 Å². The molecule has 0 radical (unpaired) electrons. The molecule has 0 spiro atoms. The summed E-state index contributed by atoms with van der Waals surface area (Å²) in [5, 5.41) is 2.89. The van der Waals surface area contributed by atoms with E-state index in [1.54, 1.807) is 0 Å². The van der Waals surface area contributed by atoms with Gasteiger partial charge in [-0.1, -0.05) is 12.1 Å². The van der Waals surface area contributed by atoms with Crippen molar-refractivity contribution >= 4 is 11.6 Å². The Morgan fingerprint density at radius 1 is 1.27 bits per heavy atom. The summed E-state index contributed by atoms with van der Waals surface area (Å²) in [6, 6.07) is 7.75. The van der Waals surface area contributed by atoms with Crippen molar-refractivity contribution < 1.29 is 4.79 Å². The first-order valence-corrected chi connectivity index (χ1v) is 5.09. The van der Waals surface area contributed by atoms with E-state index >= 15 is 0 Å². The number of nitrogens with one attached hydrogen (secondary N) is 1. The van der Waals surface area contributed by atoms with E-state index < -0.39 is 0 Å². The third kappa shape index (κ3) is 2.98. The molecule has 0 aliphatic rings. The van der Waals surface area contributed by atoms with Gasteiger partial charge in [-0.25, -0.2) is 0 Å². The lowest BCUT2D eigenvalue weighted by Crippen LogP contribution is -2.31. The number of para-hydroxylation sites is 1. The first-order valence-electron chi connectivity index (χ1n) is 5.09. The minimum absolute atomic E-state index is 0.0192. The Balaban J connectivity index is 2.97. The monoisotopic (exact) mass is 206 g/mol. The van der Waals surface area contributed by atoms with Gasteiger partial charge < -0.3 is 10.2 Å². The van der Waals surface area contributed by atoms with Crippen LogP contribution in [0.2, 0.25) is 0 Å². The van der Waals surface area contributed by atoms with Crippen molar-refractivity contribution in [2.24, 2.45) is 0 Å². The Kier molecular flexibility index (Phi) is 3.72. The Morgan fingerprint density at radius 3 is 2.40 bits per heavy atom. The number of hydrogen-bond donors (Lipinski definition) is 1. The molecule has 1 rings (SSSR count). The van der Waals surface area contributed by atoms with Gasteiger partial charge in [-0.05, 0) is 26.0 Å². The first-order chi connectivity index (χ1) is 7.02. The average molecular weight is 206 g/mol. The van der Waals surface area contributed by atoms with Crippen LogP contribution < -0.4 is 10.2 Å². The normalized spacial score (nSPS) is 10.2. The molecule has 3 heteroatoms. The van der Waals surface area contributed by atoms with Crippen LogP contribution in [0.3, 0.4) is 0 Å². The summed E-state index contributed by atoms with van der Waals surface area (Å²) >= 11 is 0. The molecule has 0 saturated carbocycles. The van der Waals surface area contributed by atoms with Crippen molar-refractivity contribution in [3.63, 3.8) is 0 Å². The highest BCUT2D eigenvalue weighted by molar-refractivity contribution is 5.99. The first kappa shape index (κ1) is 11.6. The number of hydrogen-bond acceptors (Lipinski definition) is 2. The van der Waals surface area contributed by atoms with Crippen molar-refractivity contribution in [2.75, 3.05) is 19.0 Å². The van der Waals surface area contributed by atoms with Crippen LogP contribution in [0.1, 0.15) is 24.2 Å². The lowest BCUT2D eigenvalue weighted by atomic mass is 10.1. The zero-order chi connectivity index (χ0) is 11.4. The molecular weight excluding hydrogens is 188 g/mol. The maximum atomic E-state index is 11.8. The summed E-state index contributed by atoms with van der Waals surface area (Å²) in [4.78, 5) is 13.8. The predicted octanol–water partition coefficient (Wildman–Crippen LogP) is 1.89. The molecule has 0 bridgehead atoms. The second kappa shape index (κ2) is 4.82. The molecule has 0 aliphatic carbocycles. The van der Waals surface area contributed by atoms with Gasteiger partial charge >= 0.3 is 0 Å². The summed E-state index contributed by atoms with van der Waals surface area (Å²) in [6.07, 6.45) is 0. The second-order valence-corrected chi connectivity index (χ2v) is 4.04. The Labute approximate surface area is 91.1 Å². The molecule has 1 aromatic carbocycles. The number of nitrogens with zero attached hydrogens (tertiary/aromatic N) is 1. The molecule has 3 nitrogen and oxygen atoms in total. The summed E-state index contributed by atoms with van der Waals surface area (Å²) in [7, 11) is 3.86. The number of carbonyl (C=O) groups is 1. The molecule has 0 fully saturated rings. The molecule has 0 aromatic heterocycles. The second-order valence-electron chi connectivity index (χ2n) is 4.04. The van der Waals surface area contributed by atoms with Gasteiger partial charge in [-0.2, -0.15) is 0 Å². The average Bonchev–Trinajstić information content (AvgIpc) is 2.16. The van der Waals surface area contributed by atoms with Crippen molar-refractivity contribution in [2.45, 2.75) is 19.9 Å². The fourth-order valence-corrected chi connectivity index (χ4v) is 1.40. The van der Waals surface area contributed by atoms with Crippen LogP contribution in [0.25, 0.3) is 0 Å². The van der Waals surface area contributed by atoms with Gasteiger partial charge in [0, 0.05) is 25.8 Å². The number of amides is 1. The van der Waals surface area contributed by atoms with Gasteiger partial charge in [-0.15, -0.1) is 0 Å². The van der Waals surface area contributed by atoms with Crippen LogP contribution in [0.4, 0.5) is 5.69 Å². The number of anilines is 1. The molecule has 1 amide bonds. The van der Waals surface area contributed by atoms with E-state index in [9.17, 15) is 4.79 Å². The fraction of sp³-hybridized carbons (Fsp3) is 0.417. The zero-order valence-corrected chi connectivity index (χ0v) is 9.74. The van der Waals surface area contributed by atoms with Crippen LogP contribution in [-0.4, -0.2) is 26.0 Å². The molecule has 15 heavy (non-hydrogen) atoms. The highest BCUT2D eigenvalue weighted by atomic mass is 16.1. The van der Waals surface area contributed by atoms with Crippen LogP contribution in [0.15, 0.2) is 24.3 Å². The molecule has 0 aliphatic heterocycles. The lowest BCUT2D eigenvalue weighted by Gasteiger charge is -2.17. The lowest BCUT2D eigenvalue weighted by molar-refractivity contribution is 0.0943. The molecule has 0 heterocycles. The zero-order valence-electron chi connectivity index (χ0n) is 9.74. The van der Waals surface area contributed by atoms with Gasteiger partial charge in [0.15, 0.2) is 0 Å². The van der Waals surface area contributed by atoms with Crippen LogP contribution >= 0.6 is 0 Å². The third-order valence-electron chi connectivity index (χ3n) is 2.05. The van der Waals surface area contributed by atoms with E-state index in [4.69, 9.17) is 0 Å². The fourth-order valence-electron chi connectivity index (χ4n) is 1.40. The van der Waals surface area contributed by atoms with Crippen molar-refractivity contribution in [3.05, 3.63) is 29.8 Å². The Morgan fingerprint density at radius 2 is 1.87 bits per heavy atom. The Bertz CT molecular complexity index is 345. The molecule has 0 unspecified atom stereocenters. The molecule has 1 N–H and O–H groups in total. The van der Waals surface area contributed by atoms with E-state index in [1.165, 1.54) is 0 Å². The van der Waals surface area contributed by atoms with Crippen molar-refractivity contribution in [1.29, 1.82) is 0 Å². The van der Waals surface area contributed by atoms with E-state index in [-0.39, 0.29) is 11.9 Å². The van der Waals surface area contributed by atoms with E-state index in [0.717, 1.165) is 11.3 Å². The smallest absolute Gasteiger partial charge is 0.253 e. The SMILES string of the molecule is CC(C)NC(=O)c1ccccc1N(C)C. The van der Waals surface area contributed by atoms with Crippen LogP contribution in [0, 0.1) is 0 Å². The highest BCUT2D eigenvalue weighted by Gasteiger charge is 2.12. The van der Waals surface area contributed by atoms with Gasteiger partial charge in [0.25, 0.3) is 5.91 Å². The number of rotatable bonds is 3. The van der Waals surface area contributed by atoms with Crippen molar-refractivity contribution in [3.8, 4) is 0 Å². The summed E-state index contributed by atoms with van der Waals surface area (Å²) < 4.78 is 0. The molecule has 0 atom stereocenters. The molecular formula is C12H18N2O. The molecule has 82 valence electrons. The van der Waals surface area contributed by atoms with Crippen LogP contribution in [-0.2, 0) is 0 Å². The molecule has 0 saturated heterocycles. The van der Waals surface area contributed by atoms with Gasteiger partial charge in [0.2, 0.25) is 0 Å². The van der Waals surface area contributed by atoms with Crippen LogP contribution in [0.5, 0.6) is 0 Å². The minimum atomic E-state index is -0.0192. The maximum absolute atomic E-state index is 11.8. The Hall–Kier alpha value is -1.51. The van der Waals surface area contributed by atoms with Gasteiger partial charge in [0.1, 0.15) is 0 Å². The van der Waals surface area contributed by atoms with E-state index in [2.05, 4.69) is 5.32 Å². The topological polar surface area (TPSA) is 32.3 Å². The summed E-state index contributed by atoms with van der Waals surface area (Å²) in [6.45, 7) is 3.91. The molecule has 1 aromatic rings. The maximum Gasteiger partial charge on any atom is 0.253 e.